The Balaban J connectivity index is 2.04. The second-order valence-electron chi connectivity index (χ2n) is 3.85. The van der Waals surface area contributed by atoms with Gasteiger partial charge in [-0.25, -0.2) is 4.79 Å². The SMILES string of the molecule is CC(Sc1cccc[n+]1[O-])C(=O)N1CCNC1=O. The number of rotatable bonds is 3. The van der Waals surface area contributed by atoms with Crippen molar-refractivity contribution in [3.8, 4) is 0 Å². The molecule has 18 heavy (non-hydrogen) atoms. The molecule has 0 saturated carbocycles. The predicted molar refractivity (Wildman–Crippen MR) is 65.8 cm³/mol. The maximum Gasteiger partial charge on any atom is 0.324 e. The summed E-state index contributed by atoms with van der Waals surface area (Å²) in [6, 6.07) is 4.63. The molecule has 0 radical (unpaired) electrons. The maximum atomic E-state index is 12.0. The van der Waals surface area contributed by atoms with Gasteiger partial charge in [0.05, 0.1) is 5.25 Å². The number of aromatic nitrogens is 1. The Morgan fingerprint density at radius 1 is 1.61 bits per heavy atom. The van der Waals surface area contributed by atoms with Gasteiger partial charge in [-0.05, 0) is 24.8 Å². The van der Waals surface area contributed by atoms with E-state index in [1.54, 1.807) is 25.1 Å². The van der Waals surface area contributed by atoms with E-state index in [1.165, 1.54) is 11.1 Å². The molecule has 1 fully saturated rings. The zero-order valence-corrected chi connectivity index (χ0v) is 10.6. The van der Waals surface area contributed by atoms with Gasteiger partial charge in [0, 0.05) is 25.2 Å². The molecule has 2 rings (SSSR count). The fourth-order valence-corrected chi connectivity index (χ4v) is 2.55. The van der Waals surface area contributed by atoms with Crippen molar-refractivity contribution >= 4 is 23.7 Å². The zero-order chi connectivity index (χ0) is 13.1. The van der Waals surface area contributed by atoms with E-state index in [0.717, 1.165) is 11.8 Å². The van der Waals surface area contributed by atoms with Crippen molar-refractivity contribution in [2.75, 3.05) is 13.1 Å². The topological polar surface area (TPSA) is 76.3 Å². The van der Waals surface area contributed by atoms with Crippen LogP contribution in [0.2, 0.25) is 0 Å². The van der Waals surface area contributed by atoms with E-state index in [-0.39, 0.29) is 11.9 Å². The second kappa shape index (κ2) is 5.26. The Kier molecular flexibility index (Phi) is 3.71. The third-order valence-corrected chi connectivity index (χ3v) is 3.67. The molecule has 7 heteroatoms. The third kappa shape index (κ3) is 2.56. The smallest absolute Gasteiger partial charge is 0.324 e. The summed E-state index contributed by atoms with van der Waals surface area (Å²) in [5, 5.41) is 14.0. The second-order valence-corrected chi connectivity index (χ2v) is 5.21. The van der Waals surface area contributed by atoms with E-state index in [9.17, 15) is 14.8 Å². The first kappa shape index (κ1) is 12.7. The summed E-state index contributed by atoms with van der Waals surface area (Å²) in [6.07, 6.45) is 1.38. The Hall–Kier alpha value is -1.76. The van der Waals surface area contributed by atoms with E-state index >= 15 is 0 Å². The highest BCUT2D eigenvalue weighted by atomic mass is 32.2. The Morgan fingerprint density at radius 2 is 2.39 bits per heavy atom. The number of urea groups is 1. The molecule has 1 aromatic rings. The molecule has 1 aliphatic heterocycles. The van der Waals surface area contributed by atoms with Crippen molar-refractivity contribution in [2.45, 2.75) is 17.2 Å². The van der Waals surface area contributed by atoms with Gasteiger partial charge in [0.25, 0.3) is 5.03 Å². The first-order valence-corrected chi connectivity index (χ1v) is 6.41. The quantitative estimate of drug-likeness (QED) is 0.487. The number of hydrogen-bond donors (Lipinski definition) is 1. The van der Waals surface area contributed by atoms with Crippen LogP contribution in [0.4, 0.5) is 4.79 Å². The van der Waals surface area contributed by atoms with E-state index < -0.39 is 5.25 Å². The fourth-order valence-electron chi connectivity index (χ4n) is 1.64. The number of nitrogens with one attached hydrogen (secondary N) is 1. The van der Waals surface area contributed by atoms with Gasteiger partial charge in [-0.15, -0.1) is 0 Å². The van der Waals surface area contributed by atoms with Crippen LogP contribution >= 0.6 is 11.8 Å². The molecule has 2 heterocycles. The summed E-state index contributed by atoms with van der Waals surface area (Å²) in [4.78, 5) is 24.5. The lowest BCUT2D eigenvalue weighted by Crippen LogP contribution is -2.39. The van der Waals surface area contributed by atoms with E-state index in [2.05, 4.69) is 5.32 Å². The molecule has 0 aliphatic carbocycles. The van der Waals surface area contributed by atoms with Crippen LogP contribution in [0.1, 0.15) is 6.92 Å². The van der Waals surface area contributed by atoms with Crippen LogP contribution in [0.5, 0.6) is 0 Å². The third-order valence-electron chi connectivity index (χ3n) is 2.56. The minimum Gasteiger partial charge on any atom is -0.618 e. The molecule has 1 atom stereocenters. The number of carbonyl (C=O) groups is 2. The van der Waals surface area contributed by atoms with Crippen LogP contribution in [0.15, 0.2) is 29.4 Å². The summed E-state index contributed by atoms with van der Waals surface area (Å²) in [5.74, 6) is -0.279. The molecule has 0 spiro atoms. The number of hydrogen-bond acceptors (Lipinski definition) is 4. The number of carbonyl (C=O) groups excluding carboxylic acids is 2. The lowest BCUT2D eigenvalue weighted by molar-refractivity contribution is -0.645. The standard InChI is InChI=1S/C11H13N3O3S/c1-8(10(15)13-7-5-12-11(13)16)18-9-4-2-3-6-14(9)17/h2-4,6,8H,5,7H2,1H3,(H,12,16). The average molecular weight is 267 g/mol. The van der Waals surface area contributed by atoms with Crippen LogP contribution in [-0.2, 0) is 4.79 Å². The van der Waals surface area contributed by atoms with Crippen molar-refractivity contribution in [3.05, 3.63) is 29.6 Å². The van der Waals surface area contributed by atoms with Gasteiger partial charge in [-0.1, -0.05) is 0 Å². The molecule has 1 unspecified atom stereocenters. The summed E-state index contributed by atoms with van der Waals surface area (Å²) in [7, 11) is 0. The molecule has 1 aliphatic rings. The van der Waals surface area contributed by atoms with Crippen LogP contribution in [0, 0.1) is 5.21 Å². The Bertz CT molecular complexity index is 480. The van der Waals surface area contributed by atoms with Crippen molar-refractivity contribution in [2.24, 2.45) is 0 Å². The number of thioether (sulfide) groups is 1. The normalized spacial score (nSPS) is 16.5. The molecule has 0 bridgehead atoms. The molecule has 6 nitrogen and oxygen atoms in total. The van der Waals surface area contributed by atoms with Gasteiger partial charge in [0.2, 0.25) is 5.91 Å². The van der Waals surface area contributed by atoms with E-state index in [4.69, 9.17) is 0 Å². The fraction of sp³-hybridized carbons (Fsp3) is 0.364. The van der Waals surface area contributed by atoms with Gasteiger partial charge in [-0.3, -0.25) is 9.69 Å². The van der Waals surface area contributed by atoms with Gasteiger partial charge >= 0.3 is 6.03 Å². The van der Waals surface area contributed by atoms with E-state index in [0.29, 0.717) is 22.8 Å². The van der Waals surface area contributed by atoms with Crippen molar-refractivity contribution in [3.63, 3.8) is 0 Å². The monoisotopic (exact) mass is 267 g/mol. The average Bonchev–Trinajstić information content (AvgIpc) is 2.77. The molecule has 1 aromatic heterocycles. The summed E-state index contributed by atoms with van der Waals surface area (Å²) < 4.78 is 0.707. The highest BCUT2D eigenvalue weighted by Crippen LogP contribution is 2.21. The summed E-state index contributed by atoms with van der Waals surface area (Å²) >= 11 is 1.15. The largest absolute Gasteiger partial charge is 0.618 e. The van der Waals surface area contributed by atoms with E-state index in [1.807, 2.05) is 0 Å². The predicted octanol–water partition coefficient (Wildman–Crippen LogP) is 0.352. The Morgan fingerprint density at radius 3 is 3.00 bits per heavy atom. The van der Waals surface area contributed by atoms with Gasteiger partial charge in [0.1, 0.15) is 0 Å². The zero-order valence-electron chi connectivity index (χ0n) is 9.83. The molecular weight excluding hydrogens is 254 g/mol. The lowest BCUT2D eigenvalue weighted by Gasteiger charge is -2.16. The van der Waals surface area contributed by atoms with Gasteiger partial charge in [-0.2, -0.15) is 4.73 Å². The first-order chi connectivity index (χ1) is 8.59. The van der Waals surface area contributed by atoms with Crippen molar-refractivity contribution in [1.29, 1.82) is 0 Å². The van der Waals surface area contributed by atoms with Crippen molar-refractivity contribution < 1.29 is 14.3 Å². The highest BCUT2D eigenvalue weighted by molar-refractivity contribution is 8.00. The number of amides is 3. The summed E-state index contributed by atoms with van der Waals surface area (Å²) in [6.45, 7) is 2.55. The molecular formula is C11H13N3O3S. The van der Waals surface area contributed by atoms with Gasteiger partial charge in [0.15, 0.2) is 6.20 Å². The number of nitrogens with zero attached hydrogens (tertiary/aromatic N) is 2. The minimum absolute atomic E-state index is 0.279. The summed E-state index contributed by atoms with van der Waals surface area (Å²) in [5.41, 5.74) is 0. The molecule has 1 saturated heterocycles. The van der Waals surface area contributed by atoms with Crippen LogP contribution in [0.25, 0.3) is 0 Å². The molecule has 3 amide bonds. The Labute approximate surface area is 109 Å². The molecule has 96 valence electrons. The lowest BCUT2D eigenvalue weighted by atomic mass is 10.4. The number of pyridine rings is 1. The van der Waals surface area contributed by atoms with Crippen LogP contribution < -0.4 is 10.0 Å². The first-order valence-electron chi connectivity index (χ1n) is 5.53. The van der Waals surface area contributed by atoms with Crippen LogP contribution in [-0.4, -0.2) is 35.2 Å². The molecule has 1 N–H and O–H groups in total. The minimum atomic E-state index is -0.476. The highest BCUT2D eigenvalue weighted by Gasteiger charge is 2.31. The molecule has 0 aromatic carbocycles. The van der Waals surface area contributed by atoms with Crippen LogP contribution in [0.3, 0.4) is 0 Å². The van der Waals surface area contributed by atoms with Gasteiger partial charge < -0.3 is 10.5 Å². The van der Waals surface area contributed by atoms with Crippen molar-refractivity contribution in [1.82, 2.24) is 10.2 Å². The number of imide groups is 1. The maximum absolute atomic E-state index is 12.0.